The molecule has 0 aromatic rings. The first-order valence-corrected chi connectivity index (χ1v) is 16.9. The number of carbonyl (C=O) groups is 1. The monoisotopic (exact) mass is 612 g/mol. The number of nitrogens with one attached hydrogen (secondary N) is 2. The summed E-state index contributed by atoms with van der Waals surface area (Å²) in [7, 11) is 3.63. The Morgan fingerprint density at radius 3 is 2.23 bits per heavy atom. The molecule has 254 valence electrons. The highest BCUT2D eigenvalue weighted by Gasteiger charge is 2.38. The molecule has 43 heavy (non-hydrogen) atoms. The normalized spacial score (nSPS) is 19.3. The summed E-state index contributed by atoms with van der Waals surface area (Å²) < 4.78 is 5.24. The van der Waals surface area contributed by atoms with Crippen LogP contribution in [0.1, 0.15) is 101 Å². The molecule has 9 nitrogen and oxygen atoms in total. The zero-order valence-electron chi connectivity index (χ0n) is 29.7. The summed E-state index contributed by atoms with van der Waals surface area (Å²) in [5, 5.41) is 29.6. The van der Waals surface area contributed by atoms with Crippen LogP contribution in [-0.2, 0) is 9.53 Å². The van der Waals surface area contributed by atoms with E-state index in [4.69, 9.17) is 9.73 Å². The molecule has 1 aliphatic rings. The molecule has 1 rings (SSSR count). The van der Waals surface area contributed by atoms with Crippen molar-refractivity contribution in [1.82, 2.24) is 20.4 Å². The standard InChI is InChI=1S/C34H69N5O4/c1-12-26(31(40)38-18-15-27(16-19-38)34(8,9)42)21-28(13-2)39(23-25(3)4)32(41)29(22-36-24-33(5,6)7)30(35-10)37-17-14-20-43-11/h22,25-30,32,35,37,41-42H,12-21,23-24H2,1-11H3/t26-,28+,29?,30?,32?/m0/s1. The Kier molecular flexibility index (Phi) is 18.0. The van der Waals surface area contributed by atoms with Gasteiger partial charge in [0, 0.05) is 58.1 Å². The zero-order chi connectivity index (χ0) is 32.8. The molecule has 5 atom stereocenters. The van der Waals surface area contributed by atoms with E-state index in [9.17, 15) is 15.0 Å². The fourth-order valence-corrected chi connectivity index (χ4v) is 6.18. The van der Waals surface area contributed by atoms with Gasteiger partial charge in [0.05, 0.1) is 17.7 Å². The molecule has 1 amide bonds. The van der Waals surface area contributed by atoms with E-state index in [0.717, 1.165) is 45.2 Å². The Morgan fingerprint density at radius 1 is 1.14 bits per heavy atom. The van der Waals surface area contributed by atoms with Crippen molar-refractivity contribution in [2.24, 2.45) is 34.1 Å². The number of rotatable bonds is 20. The van der Waals surface area contributed by atoms with Crippen LogP contribution in [0.3, 0.4) is 0 Å². The van der Waals surface area contributed by atoms with Crippen LogP contribution >= 0.6 is 0 Å². The summed E-state index contributed by atoms with van der Waals surface area (Å²) in [6.07, 6.45) is 5.83. The predicted molar refractivity (Wildman–Crippen MR) is 179 cm³/mol. The Balaban J connectivity index is 3.23. The number of likely N-dealkylation sites (tertiary alicyclic amines) is 1. The third-order valence-corrected chi connectivity index (χ3v) is 8.83. The quantitative estimate of drug-likeness (QED) is 0.0920. The van der Waals surface area contributed by atoms with Crippen LogP contribution in [0.2, 0.25) is 0 Å². The second-order valence-electron chi connectivity index (χ2n) is 14.9. The minimum absolute atomic E-state index is 0.0460. The molecule has 0 aromatic heterocycles. The van der Waals surface area contributed by atoms with E-state index in [1.165, 1.54) is 0 Å². The van der Waals surface area contributed by atoms with E-state index in [-0.39, 0.29) is 41.3 Å². The van der Waals surface area contributed by atoms with Crippen molar-refractivity contribution in [2.75, 3.05) is 53.5 Å². The lowest BCUT2D eigenvalue weighted by Crippen LogP contribution is -2.58. The van der Waals surface area contributed by atoms with E-state index in [1.807, 2.05) is 32.0 Å². The number of hydrogen-bond acceptors (Lipinski definition) is 8. The highest BCUT2D eigenvalue weighted by Crippen LogP contribution is 2.30. The molecule has 3 unspecified atom stereocenters. The van der Waals surface area contributed by atoms with Crippen LogP contribution in [0.25, 0.3) is 0 Å². The van der Waals surface area contributed by atoms with E-state index < -0.39 is 11.8 Å². The molecule has 1 fully saturated rings. The van der Waals surface area contributed by atoms with Crippen LogP contribution in [-0.4, -0.2) is 110 Å². The molecular formula is C34H69N5O4. The van der Waals surface area contributed by atoms with Gasteiger partial charge in [0.2, 0.25) is 5.91 Å². The summed E-state index contributed by atoms with van der Waals surface area (Å²) in [4.78, 5) is 22.8. The van der Waals surface area contributed by atoms with Gasteiger partial charge in [-0.05, 0) is 83.2 Å². The highest BCUT2D eigenvalue weighted by molar-refractivity contribution is 5.79. The number of aliphatic hydroxyl groups excluding tert-OH is 1. The van der Waals surface area contributed by atoms with Gasteiger partial charge >= 0.3 is 0 Å². The topological polar surface area (TPSA) is 110 Å². The van der Waals surface area contributed by atoms with Crippen molar-refractivity contribution in [3.05, 3.63) is 0 Å². The van der Waals surface area contributed by atoms with Crippen molar-refractivity contribution in [3.63, 3.8) is 0 Å². The summed E-state index contributed by atoms with van der Waals surface area (Å²) in [6, 6.07) is 0.0460. The molecule has 0 spiro atoms. The van der Waals surface area contributed by atoms with Gasteiger partial charge in [-0.15, -0.1) is 0 Å². The number of hydrogen-bond donors (Lipinski definition) is 4. The van der Waals surface area contributed by atoms with Crippen molar-refractivity contribution in [2.45, 2.75) is 125 Å². The number of piperidine rings is 1. The summed E-state index contributed by atoms with van der Waals surface area (Å²) in [5.41, 5.74) is -0.663. The lowest BCUT2D eigenvalue weighted by molar-refractivity contribution is -0.140. The first kappa shape index (κ1) is 39.9. The number of amides is 1. The summed E-state index contributed by atoms with van der Waals surface area (Å²) in [6.45, 7) is 23.1. The number of aliphatic imine (C=N–C) groups is 1. The smallest absolute Gasteiger partial charge is 0.225 e. The summed E-state index contributed by atoms with van der Waals surface area (Å²) >= 11 is 0. The lowest BCUT2D eigenvalue weighted by Gasteiger charge is -2.43. The second kappa shape index (κ2) is 19.4. The molecule has 1 aliphatic heterocycles. The molecule has 1 saturated heterocycles. The SMILES string of the molecule is CC[C@@H](C[C@@H](CC)N(CC(C)C)C(O)C(C=NCC(C)(C)C)C(NC)NCCCOC)C(=O)N1CCC(C(C)(C)O)CC1. The largest absolute Gasteiger partial charge is 0.390 e. The minimum atomic E-state index is -0.779. The van der Waals surface area contributed by atoms with Crippen LogP contribution in [0.15, 0.2) is 4.99 Å². The molecule has 1 heterocycles. The van der Waals surface area contributed by atoms with E-state index in [0.29, 0.717) is 38.6 Å². The maximum Gasteiger partial charge on any atom is 0.225 e. The van der Waals surface area contributed by atoms with Gasteiger partial charge in [-0.3, -0.25) is 14.7 Å². The Hall–Kier alpha value is -1.10. The number of ether oxygens (including phenoxy) is 1. The first-order chi connectivity index (χ1) is 20.1. The van der Waals surface area contributed by atoms with Gasteiger partial charge in [0.1, 0.15) is 6.23 Å². The van der Waals surface area contributed by atoms with Gasteiger partial charge < -0.3 is 30.5 Å². The van der Waals surface area contributed by atoms with Gasteiger partial charge in [-0.2, -0.15) is 0 Å². The maximum absolute atomic E-state index is 13.8. The molecular weight excluding hydrogens is 542 g/mol. The summed E-state index contributed by atoms with van der Waals surface area (Å²) in [5.74, 6) is 0.377. The second-order valence-corrected chi connectivity index (χ2v) is 14.9. The fourth-order valence-electron chi connectivity index (χ4n) is 6.18. The van der Waals surface area contributed by atoms with Crippen LogP contribution in [0.5, 0.6) is 0 Å². The van der Waals surface area contributed by atoms with Gasteiger partial charge in [0.25, 0.3) is 0 Å². The third-order valence-electron chi connectivity index (χ3n) is 8.83. The molecule has 4 N–H and O–H groups in total. The van der Waals surface area contributed by atoms with Crippen LogP contribution in [0, 0.1) is 29.1 Å². The maximum atomic E-state index is 13.8. The van der Waals surface area contributed by atoms with Crippen molar-refractivity contribution < 1.29 is 19.7 Å². The van der Waals surface area contributed by atoms with Crippen molar-refractivity contribution in [1.29, 1.82) is 0 Å². The average Bonchev–Trinajstić information content (AvgIpc) is 2.94. The molecule has 0 radical (unpaired) electrons. The molecule has 0 aliphatic carbocycles. The van der Waals surface area contributed by atoms with E-state index in [1.54, 1.807) is 7.11 Å². The molecule has 0 aromatic carbocycles. The van der Waals surface area contributed by atoms with Gasteiger partial charge in [0.15, 0.2) is 0 Å². The van der Waals surface area contributed by atoms with E-state index >= 15 is 0 Å². The Morgan fingerprint density at radius 2 is 1.77 bits per heavy atom. The van der Waals surface area contributed by atoms with E-state index in [2.05, 4.69) is 64.0 Å². The fraction of sp³-hybridized carbons (Fsp3) is 0.941. The minimum Gasteiger partial charge on any atom is -0.390 e. The number of carbonyl (C=O) groups excluding carboxylic acids is 1. The molecule has 9 heteroatoms. The zero-order valence-corrected chi connectivity index (χ0v) is 29.7. The number of nitrogens with zero attached hydrogens (tertiary/aromatic N) is 3. The predicted octanol–water partition coefficient (Wildman–Crippen LogP) is 4.37. The van der Waals surface area contributed by atoms with Crippen molar-refractivity contribution >= 4 is 12.1 Å². The first-order valence-electron chi connectivity index (χ1n) is 16.9. The van der Waals surface area contributed by atoms with Gasteiger partial charge in [-0.1, -0.05) is 48.5 Å². The third kappa shape index (κ3) is 14.3. The Bertz CT molecular complexity index is 787. The highest BCUT2D eigenvalue weighted by atomic mass is 16.5. The Labute approximate surface area is 264 Å². The number of aliphatic hydroxyl groups is 2. The van der Waals surface area contributed by atoms with Crippen molar-refractivity contribution in [3.8, 4) is 0 Å². The number of methoxy groups -OCH3 is 1. The lowest BCUT2D eigenvalue weighted by atomic mass is 9.82. The molecule has 0 bridgehead atoms. The van der Waals surface area contributed by atoms with Crippen LogP contribution < -0.4 is 10.6 Å². The van der Waals surface area contributed by atoms with Crippen LogP contribution in [0.4, 0.5) is 0 Å². The molecule has 0 saturated carbocycles. The average molecular weight is 612 g/mol. The van der Waals surface area contributed by atoms with Gasteiger partial charge in [-0.25, -0.2) is 0 Å².